The third kappa shape index (κ3) is 2.49. The maximum atomic E-state index is 12.2. The number of rotatable bonds is 4. The lowest BCUT2D eigenvalue weighted by Gasteiger charge is -2.08. The summed E-state index contributed by atoms with van der Waals surface area (Å²) >= 11 is 1.58. The highest BCUT2D eigenvalue weighted by molar-refractivity contribution is 7.09. The Morgan fingerprint density at radius 1 is 1.35 bits per heavy atom. The topological polar surface area (TPSA) is 59.1 Å². The van der Waals surface area contributed by atoms with Crippen LogP contribution < -0.4 is 5.32 Å². The minimum atomic E-state index is -0.104. The van der Waals surface area contributed by atoms with Crippen LogP contribution >= 0.6 is 11.3 Å². The summed E-state index contributed by atoms with van der Waals surface area (Å²) in [6, 6.07) is 5.37. The molecule has 102 valence electrons. The zero-order valence-electron chi connectivity index (χ0n) is 10.9. The van der Waals surface area contributed by atoms with Gasteiger partial charge in [0.1, 0.15) is 0 Å². The van der Waals surface area contributed by atoms with Gasteiger partial charge in [0.05, 0.1) is 5.01 Å². The van der Waals surface area contributed by atoms with E-state index >= 15 is 0 Å². The van der Waals surface area contributed by atoms with Crippen molar-refractivity contribution < 1.29 is 9.59 Å². The van der Waals surface area contributed by atoms with Gasteiger partial charge in [0, 0.05) is 42.1 Å². The number of nitrogens with one attached hydrogen (secondary N) is 1. The van der Waals surface area contributed by atoms with E-state index in [1.54, 1.807) is 35.7 Å². The zero-order chi connectivity index (χ0) is 13.9. The van der Waals surface area contributed by atoms with Crippen LogP contribution in [-0.4, -0.2) is 23.2 Å². The number of carbonyl (C=O) groups excluding carboxylic acids is 2. The molecule has 1 heterocycles. The normalized spacial score (nSPS) is 13.3. The summed E-state index contributed by atoms with van der Waals surface area (Å²) in [6.07, 6.45) is 3.68. The molecule has 1 aromatic carbocycles. The fraction of sp³-hybridized carbons (Fsp3) is 0.267. The molecule has 1 aliphatic rings. The predicted octanol–water partition coefficient (Wildman–Crippen LogP) is 2.24. The SMILES string of the molecule is O=C1CCc2c1cccc2C(=O)NCCc1nccs1. The Bertz CT molecular complexity index is 650. The van der Waals surface area contributed by atoms with E-state index in [2.05, 4.69) is 10.3 Å². The molecule has 0 spiro atoms. The molecule has 1 aliphatic carbocycles. The van der Waals surface area contributed by atoms with Crippen molar-refractivity contribution in [2.24, 2.45) is 0 Å². The molecule has 0 saturated carbocycles. The van der Waals surface area contributed by atoms with E-state index in [4.69, 9.17) is 0 Å². The first-order valence-electron chi connectivity index (χ1n) is 6.57. The van der Waals surface area contributed by atoms with Gasteiger partial charge in [-0.25, -0.2) is 4.98 Å². The van der Waals surface area contributed by atoms with Crippen molar-refractivity contribution in [3.63, 3.8) is 0 Å². The van der Waals surface area contributed by atoms with Gasteiger partial charge < -0.3 is 5.32 Å². The number of fused-ring (bicyclic) bond motifs is 1. The molecule has 3 rings (SSSR count). The Labute approximate surface area is 120 Å². The van der Waals surface area contributed by atoms with Crippen molar-refractivity contribution in [1.29, 1.82) is 0 Å². The van der Waals surface area contributed by atoms with Crippen LogP contribution in [0.25, 0.3) is 0 Å². The summed E-state index contributed by atoms with van der Waals surface area (Å²) < 4.78 is 0. The van der Waals surface area contributed by atoms with Crippen LogP contribution in [0.4, 0.5) is 0 Å². The summed E-state index contributed by atoms with van der Waals surface area (Å²) in [7, 11) is 0. The number of thiazole rings is 1. The quantitative estimate of drug-likeness (QED) is 0.937. The molecule has 0 unspecified atom stereocenters. The van der Waals surface area contributed by atoms with Gasteiger partial charge in [-0.05, 0) is 18.1 Å². The Balaban J connectivity index is 1.67. The number of amides is 1. The number of benzene rings is 1. The first kappa shape index (κ1) is 13.0. The lowest BCUT2D eigenvalue weighted by molar-refractivity contribution is 0.0952. The zero-order valence-corrected chi connectivity index (χ0v) is 11.7. The lowest BCUT2D eigenvalue weighted by Crippen LogP contribution is -2.26. The molecule has 0 fully saturated rings. The minimum Gasteiger partial charge on any atom is -0.352 e. The maximum absolute atomic E-state index is 12.2. The Kier molecular flexibility index (Phi) is 3.60. The van der Waals surface area contributed by atoms with Crippen molar-refractivity contribution in [1.82, 2.24) is 10.3 Å². The monoisotopic (exact) mass is 286 g/mol. The van der Waals surface area contributed by atoms with E-state index in [-0.39, 0.29) is 11.7 Å². The number of hydrogen-bond donors (Lipinski definition) is 1. The fourth-order valence-corrected chi connectivity index (χ4v) is 3.08. The molecule has 1 aromatic heterocycles. The predicted molar refractivity (Wildman–Crippen MR) is 77.2 cm³/mol. The second-order valence-electron chi connectivity index (χ2n) is 4.69. The largest absolute Gasteiger partial charge is 0.352 e. The molecule has 1 N–H and O–H groups in total. The number of nitrogens with zero attached hydrogens (tertiary/aromatic N) is 1. The third-order valence-electron chi connectivity index (χ3n) is 3.43. The number of carbonyl (C=O) groups is 2. The molecular weight excluding hydrogens is 272 g/mol. The molecule has 5 heteroatoms. The van der Waals surface area contributed by atoms with Crippen molar-refractivity contribution in [2.45, 2.75) is 19.3 Å². The van der Waals surface area contributed by atoms with Crippen molar-refractivity contribution in [3.8, 4) is 0 Å². The van der Waals surface area contributed by atoms with Gasteiger partial charge in [-0.15, -0.1) is 11.3 Å². The van der Waals surface area contributed by atoms with Crippen molar-refractivity contribution in [2.75, 3.05) is 6.54 Å². The van der Waals surface area contributed by atoms with Crippen LogP contribution in [0, 0.1) is 0 Å². The number of aromatic nitrogens is 1. The van der Waals surface area contributed by atoms with Gasteiger partial charge in [-0.1, -0.05) is 12.1 Å². The third-order valence-corrected chi connectivity index (χ3v) is 4.27. The minimum absolute atomic E-state index is 0.104. The summed E-state index contributed by atoms with van der Waals surface area (Å²) in [5.41, 5.74) is 2.23. The van der Waals surface area contributed by atoms with Crippen LogP contribution in [0.15, 0.2) is 29.8 Å². The maximum Gasteiger partial charge on any atom is 0.251 e. The molecule has 0 saturated heterocycles. The van der Waals surface area contributed by atoms with Crippen LogP contribution in [0.2, 0.25) is 0 Å². The van der Waals surface area contributed by atoms with E-state index in [0.29, 0.717) is 30.5 Å². The average Bonchev–Trinajstić information content (AvgIpc) is 3.09. The highest BCUT2D eigenvalue weighted by atomic mass is 32.1. The van der Waals surface area contributed by atoms with Gasteiger partial charge in [0.25, 0.3) is 5.91 Å². The van der Waals surface area contributed by atoms with Crippen LogP contribution in [0.1, 0.15) is 37.7 Å². The van der Waals surface area contributed by atoms with E-state index in [9.17, 15) is 9.59 Å². The van der Waals surface area contributed by atoms with Crippen molar-refractivity contribution in [3.05, 3.63) is 51.5 Å². The second-order valence-corrected chi connectivity index (χ2v) is 5.67. The second kappa shape index (κ2) is 5.54. The van der Waals surface area contributed by atoms with E-state index in [1.807, 2.05) is 5.38 Å². The Morgan fingerprint density at radius 2 is 2.25 bits per heavy atom. The number of Topliss-reactive ketones (excluding diaryl/α,β-unsaturated/α-hetero) is 1. The highest BCUT2D eigenvalue weighted by Crippen LogP contribution is 2.25. The summed E-state index contributed by atoms with van der Waals surface area (Å²) in [5.74, 6) is 0.0329. The molecular formula is C15H14N2O2S. The molecule has 0 atom stereocenters. The van der Waals surface area contributed by atoms with Crippen LogP contribution in [0.3, 0.4) is 0 Å². The molecule has 0 radical (unpaired) electrons. The number of hydrogen-bond acceptors (Lipinski definition) is 4. The van der Waals surface area contributed by atoms with Gasteiger partial charge in [-0.2, -0.15) is 0 Å². The molecule has 1 amide bonds. The Hall–Kier alpha value is -2.01. The average molecular weight is 286 g/mol. The smallest absolute Gasteiger partial charge is 0.251 e. The van der Waals surface area contributed by atoms with Crippen molar-refractivity contribution >= 4 is 23.0 Å². The van der Waals surface area contributed by atoms with Crippen LogP contribution in [-0.2, 0) is 12.8 Å². The van der Waals surface area contributed by atoms with Gasteiger partial charge in [0.15, 0.2) is 5.78 Å². The first-order valence-corrected chi connectivity index (χ1v) is 7.45. The standard InChI is InChI=1S/C15H14N2O2S/c18-13-5-4-10-11(13)2-1-3-12(10)15(19)17-7-6-14-16-8-9-20-14/h1-3,8-9H,4-7H2,(H,17,19). The van der Waals surface area contributed by atoms with Gasteiger partial charge in [0.2, 0.25) is 0 Å². The lowest BCUT2D eigenvalue weighted by atomic mass is 10.0. The first-order chi connectivity index (χ1) is 9.75. The van der Waals surface area contributed by atoms with E-state index in [1.165, 1.54) is 0 Å². The molecule has 20 heavy (non-hydrogen) atoms. The number of ketones is 1. The Morgan fingerprint density at radius 3 is 3.05 bits per heavy atom. The highest BCUT2D eigenvalue weighted by Gasteiger charge is 2.24. The van der Waals surface area contributed by atoms with Gasteiger partial charge >= 0.3 is 0 Å². The molecule has 0 aliphatic heterocycles. The fourth-order valence-electron chi connectivity index (χ4n) is 2.46. The van der Waals surface area contributed by atoms with E-state index in [0.717, 1.165) is 17.0 Å². The summed E-state index contributed by atoms with van der Waals surface area (Å²) in [5, 5.41) is 5.83. The summed E-state index contributed by atoms with van der Waals surface area (Å²) in [4.78, 5) is 28.0. The molecule has 4 nitrogen and oxygen atoms in total. The molecule has 2 aromatic rings. The van der Waals surface area contributed by atoms with Gasteiger partial charge in [-0.3, -0.25) is 9.59 Å². The molecule has 0 bridgehead atoms. The van der Waals surface area contributed by atoms with E-state index < -0.39 is 0 Å². The van der Waals surface area contributed by atoms with Crippen LogP contribution in [0.5, 0.6) is 0 Å². The summed E-state index contributed by atoms with van der Waals surface area (Å²) in [6.45, 7) is 0.559.